The van der Waals surface area contributed by atoms with Crippen molar-refractivity contribution in [3.05, 3.63) is 51.6 Å². The van der Waals surface area contributed by atoms with Gasteiger partial charge in [0.2, 0.25) is 5.88 Å². The topological polar surface area (TPSA) is 65.2 Å². The minimum Gasteiger partial charge on any atom is -0.438 e. The van der Waals surface area contributed by atoms with E-state index in [0.29, 0.717) is 5.75 Å². The number of hydrogen-bond acceptors (Lipinski definition) is 3. The summed E-state index contributed by atoms with van der Waals surface area (Å²) >= 11 is 3.39. The molecule has 19 heavy (non-hydrogen) atoms. The van der Waals surface area contributed by atoms with Gasteiger partial charge in [0.1, 0.15) is 11.3 Å². The maximum absolute atomic E-state index is 11.4. The molecule has 4 nitrogen and oxygen atoms in total. The minimum absolute atomic E-state index is 0.234. The Morgan fingerprint density at radius 1 is 1.26 bits per heavy atom. The van der Waals surface area contributed by atoms with Crippen LogP contribution >= 0.6 is 15.9 Å². The van der Waals surface area contributed by atoms with Gasteiger partial charge >= 0.3 is 0 Å². The van der Waals surface area contributed by atoms with Crippen LogP contribution in [0.2, 0.25) is 0 Å². The van der Waals surface area contributed by atoms with Gasteiger partial charge in [0.25, 0.3) is 5.91 Å². The highest BCUT2D eigenvalue weighted by molar-refractivity contribution is 9.10. The van der Waals surface area contributed by atoms with E-state index < -0.39 is 5.91 Å². The predicted molar refractivity (Wildman–Crippen MR) is 76.4 cm³/mol. The SMILES string of the molecule is Cc1ccc(C(N)=O)c(Oc2ccc(Br)cc2C)n1. The largest absolute Gasteiger partial charge is 0.438 e. The standard InChI is InChI=1S/C14H13BrN2O2/c1-8-7-10(15)4-6-12(8)19-14-11(13(16)18)5-3-9(2)17-14/h3-7H,1-2H3,(H2,16,18). The molecule has 0 spiro atoms. The quantitative estimate of drug-likeness (QED) is 0.943. The summed E-state index contributed by atoms with van der Waals surface area (Å²) in [4.78, 5) is 15.6. The summed E-state index contributed by atoms with van der Waals surface area (Å²) in [5.41, 5.74) is 7.28. The van der Waals surface area contributed by atoms with Crippen molar-refractivity contribution in [3.63, 3.8) is 0 Å². The van der Waals surface area contributed by atoms with Crippen LogP contribution in [0.15, 0.2) is 34.8 Å². The summed E-state index contributed by atoms with van der Waals surface area (Å²) in [6.07, 6.45) is 0. The van der Waals surface area contributed by atoms with Crippen molar-refractivity contribution < 1.29 is 9.53 Å². The molecule has 5 heteroatoms. The summed E-state index contributed by atoms with van der Waals surface area (Å²) in [6, 6.07) is 8.95. The van der Waals surface area contributed by atoms with E-state index in [1.807, 2.05) is 32.0 Å². The molecule has 2 aromatic rings. The third-order valence-corrected chi connectivity index (χ3v) is 3.10. The summed E-state index contributed by atoms with van der Waals surface area (Å²) < 4.78 is 6.67. The van der Waals surface area contributed by atoms with E-state index in [1.165, 1.54) is 0 Å². The highest BCUT2D eigenvalue weighted by Gasteiger charge is 2.13. The van der Waals surface area contributed by atoms with E-state index in [0.717, 1.165) is 15.7 Å². The Labute approximate surface area is 119 Å². The molecule has 2 N–H and O–H groups in total. The lowest BCUT2D eigenvalue weighted by Gasteiger charge is -2.11. The molecule has 0 atom stereocenters. The van der Waals surface area contributed by atoms with E-state index in [1.54, 1.807) is 12.1 Å². The van der Waals surface area contributed by atoms with Crippen molar-refractivity contribution in [2.75, 3.05) is 0 Å². The van der Waals surface area contributed by atoms with Crippen molar-refractivity contribution in [3.8, 4) is 11.6 Å². The van der Waals surface area contributed by atoms with Gasteiger partial charge in [0.05, 0.1) is 0 Å². The highest BCUT2D eigenvalue weighted by Crippen LogP contribution is 2.28. The molecule has 0 aliphatic heterocycles. The lowest BCUT2D eigenvalue weighted by atomic mass is 10.2. The summed E-state index contributed by atoms with van der Waals surface area (Å²) in [5.74, 6) is 0.319. The minimum atomic E-state index is -0.558. The fraction of sp³-hybridized carbons (Fsp3) is 0.143. The first kappa shape index (κ1) is 13.5. The second-order valence-electron chi connectivity index (χ2n) is 4.18. The van der Waals surface area contributed by atoms with Crippen LogP contribution in [0.5, 0.6) is 11.6 Å². The molecule has 0 fully saturated rings. The van der Waals surface area contributed by atoms with Crippen molar-refractivity contribution in [2.24, 2.45) is 5.73 Å². The molecule has 0 aliphatic rings. The molecule has 0 aliphatic carbocycles. The molecular weight excluding hydrogens is 308 g/mol. The molecule has 1 aromatic heterocycles. The Kier molecular flexibility index (Phi) is 3.85. The van der Waals surface area contributed by atoms with Gasteiger partial charge in [-0.25, -0.2) is 4.98 Å². The van der Waals surface area contributed by atoms with E-state index in [-0.39, 0.29) is 11.4 Å². The van der Waals surface area contributed by atoms with Gasteiger partial charge < -0.3 is 10.5 Å². The number of carbonyl (C=O) groups excluding carboxylic acids is 1. The number of pyridine rings is 1. The Bertz CT molecular complexity index is 641. The number of nitrogens with zero attached hydrogens (tertiary/aromatic N) is 1. The molecule has 1 aromatic carbocycles. The summed E-state index contributed by atoms with van der Waals surface area (Å²) in [7, 11) is 0. The number of halogens is 1. The van der Waals surface area contributed by atoms with Crippen LogP contribution in [0.3, 0.4) is 0 Å². The molecule has 0 unspecified atom stereocenters. The Morgan fingerprint density at radius 2 is 2.00 bits per heavy atom. The van der Waals surface area contributed by atoms with Crippen LogP contribution in [-0.4, -0.2) is 10.9 Å². The van der Waals surface area contributed by atoms with Gasteiger partial charge in [-0.2, -0.15) is 0 Å². The van der Waals surface area contributed by atoms with Crippen LogP contribution in [-0.2, 0) is 0 Å². The van der Waals surface area contributed by atoms with Crippen molar-refractivity contribution in [1.82, 2.24) is 4.98 Å². The van der Waals surface area contributed by atoms with Gasteiger partial charge in [-0.15, -0.1) is 0 Å². The first-order valence-electron chi connectivity index (χ1n) is 5.69. The first-order valence-corrected chi connectivity index (χ1v) is 6.48. The van der Waals surface area contributed by atoms with Crippen LogP contribution in [0.25, 0.3) is 0 Å². The first-order chi connectivity index (χ1) is 8.97. The van der Waals surface area contributed by atoms with Gasteiger partial charge in [0, 0.05) is 10.2 Å². The molecule has 0 saturated carbocycles. The normalized spacial score (nSPS) is 10.3. The number of aryl methyl sites for hydroxylation is 2. The molecule has 0 saturated heterocycles. The van der Waals surface area contributed by atoms with Crippen LogP contribution in [0.4, 0.5) is 0 Å². The molecule has 0 radical (unpaired) electrons. The zero-order valence-corrected chi connectivity index (χ0v) is 12.2. The summed E-state index contributed by atoms with van der Waals surface area (Å²) in [5, 5.41) is 0. The van der Waals surface area contributed by atoms with Crippen LogP contribution < -0.4 is 10.5 Å². The van der Waals surface area contributed by atoms with E-state index in [2.05, 4.69) is 20.9 Å². The predicted octanol–water partition coefficient (Wildman–Crippen LogP) is 3.35. The molecule has 1 heterocycles. The zero-order chi connectivity index (χ0) is 14.0. The van der Waals surface area contributed by atoms with E-state index in [9.17, 15) is 4.79 Å². The second kappa shape index (κ2) is 5.40. The van der Waals surface area contributed by atoms with E-state index >= 15 is 0 Å². The van der Waals surface area contributed by atoms with Gasteiger partial charge in [-0.05, 0) is 49.7 Å². The third-order valence-electron chi connectivity index (χ3n) is 2.61. The lowest BCUT2D eigenvalue weighted by Crippen LogP contribution is -2.13. The van der Waals surface area contributed by atoms with Gasteiger partial charge in [-0.1, -0.05) is 15.9 Å². The average molecular weight is 321 g/mol. The number of amides is 1. The number of rotatable bonds is 3. The van der Waals surface area contributed by atoms with E-state index in [4.69, 9.17) is 10.5 Å². The van der Waals surface area contributed by atoms with Crippen LogP contribution in [0.1, 0.15) is 21.6 Å². The second-order valence-corrected chi connectivity index (χ2v) is 5.10. The summed E-state index contributed by atoms with van der Waals surface area (Å²) in [6.45, 7) is 3.74. The number of nitrogens with two attached hydrogens (primary N) is 1. The van der Waals surface area contributed by atoms with Gasteiger partial charge in [0.15, 0.2) is 0 Å². The number of aromatic nitrogens is 1. The molecule has 1 amide bonds. The van der Waals surface area contributed by atoms with Crippen LogP contribution in [0, 0.1) is 13.8 Å². The zero-order valence-electron chi connectivity index (χ0n) is 10.6. The van der Waals surface area contributed by atoms with Crippen molar-refractivity contribution >= 4 is 21.8 Å². The number of benzene rings is 1. The Hall–Kier alpha value is -1.88. The number of ether oxygens (including phenoxy) is 1. The average Bonchev–Trinajstić information content (AvgIpc) is 2.32. The Balaban J connectivity index is 2.42. The molecule has 0 bridgehead atoms. The Morgan fingerprint density at radius 3 is 2.63 bits per heavy atom. The molecule has 2 rings (SSSR count). The molecule has 98 valence electrons. The van der Waals surface area contributed by atoms with Gasteiger partial charge in [-0.3, -0.25) is 4.79 Å². The number of carbonyl (C=O) groups is 1. The number of primary amides is 1. The fourth-order valence-corrected chi connectivity index (χ4v) is 2.11. The smallest absolute Gasteiger partial charge is 0.254 e. The monoisotopic (exact) mass is 320 g/mol. The molecular formula is C14H13BrN2O2. The maximum Gasteiger partial charge on any atom is 0.254 e. The third kappa shape index (κ3) is 3.12. The maximum atomic E-state index is 11.4. The van der Waals surface area contributed by atoms with Crippen molar-refractivity contribution in [2.45, 2.75) is 13.8 Å². The fourth-order valence-electron chi connectivity index (χ4n) is 1.63. The highest BCUT2D eigenvalue weighted by atomic mass is 79.9. The van der Waals surface area contributed by atoms with Crippen molar-refractivity contribution in [1.29, 1.82) is 0 Å². The lowest BCUT2D eigenvalue weighted by molar-refractivity contribution is 0.0997. The number of hydrogen-bond donors (Lipinski definition) is 1.